The van der Waals surface area contributed by atoms with Crippen molar-refractivity contribution in [3.8, 4) is 0 Å². The van der Waals surface area contributed by atoms with E-state index in [0.29, 0.717) is 0 Å². The average molecular weight is 351 g/mol. The minimum absolute atomic E-state index is 0.846. The lowest BCUT2D eigenvalue weighted by atomic mass is 10.0. The summed E-state index contributed by atoms with van der Waals surface area (Å²) in [5.41, 5.74) is 1.42. The maximum absolute atomic E-state index is 3.67. The van der Waals surface area contributed by atoms with Crippen LogP contribution in [-0.4, -0.2) is 42.0 Å². The molecule has 2 nitrogen and oxygen atoms in total. The van der Waals surface area contributed by atoms with Crippen molar-refractivity contribution in [1.82, 2.24) is 9.80 Å². The highest BCUT2D eigenvalue weighted by Gasteiger charge is 2.25. The Morgan fingerprint density at radius 2 is 1.57 bits per heavy atom. The van der Waals surface area contributed by atoms with E-state index in [9.17, 15) is 0 Å². The Morgan fingerprint density at radius 1 is 0.905 bits per heavy atom. The van der Waals surface area contributed by atoms with Crippen LogP contribution in [0.4, 0.5) is 0 Å². The van der Waals surface area contributed by atoms with Crippen molar-refractivity contribution in [2.75, 3.05) is 26.2 Å². The third-order valence-corrected chi connectivity index (χ3v) is 5.84. The van der Waals surface area contributed by atoms with Gasteiger partial charge in [0.05, 0.1) is 0 Å². The van der Waals surface area contributed by atoms with E-state index in [2.05, 4.69) is 50.0 Å². The van der Waals surface area contributed by atoms with Crippen molar-refractivity contribution in [3.05, 3.63) is 34.3 Å². The average Bonchev–Trinajstić information content (AvgIpc) is 2.80. The van der Waals surface area contributed by atoms with E-state index in [4.69, 9.17) is 0 Å². The van der Waals surface area contributed by atoms with Crippen molar-refractivity contribution in [2.45, 2.75) is 51.1 Å². The lowest BCUT2D eigenvalue weighted by Crippen LogP contribution is -2.45. The first-order valence-electron chi connectivity index (χ1n) is 8.53. The van der Waals surface area contributed by atoms with E-state index in [-0.39, 0.29) is 0 Å². The van der Waals surface area contributed by atoms with Gasteiger partial charge in [-0.15, -0.1) is 0 Å². The lowest BCUT2D eigenvalue weighted by molar-refractivity contribution is 0.107. The Bertz CT molecular complexity index is 433. The molecule has 2 aliphatic rings. The van der Waals surface area contributed by atoms with Gasteiger partial charge in [-0.3, -0.25) is 4.90 Å². The van der Waals surface area contributed by atoms with Crippen molar-refractivity contribution in [3.63, 3.8) is 0 Å². The molecule has 0 aromatic heterocycles. The fraction of sp³-hybridized carbons (Fsp3) is 0.667. The number of nitrogens with zero attached hydrogens (tertiary/aromatic N) is 2. The number of benzene rings is 1. The highest BCUT2D eigenvalue weighted by Crippen LogP contribution is 2.23. The normalized spacial score (nSPS) is 23.1. The second-order valence-corrected chi connectivity index (χ2v) is 7.40. The molecule has 0 amide bonds. The minimum atomic E-state index is 0.846. The van der Waals surface area contributed by atoms with Gasteiger partial charge in [0.2, 0.25) is 0 Å². The summed E-state index contributed by atoms with van der Waals surface area (Å²) in [5.74, 6) is 0. The molecule has 0 aliphatic carbocycles. The maximum atomic E-state index is 3.67. The van der Waals surface area contributed by atoms with Gasteiger partial charge in [0, 0.05) is 17.1 Å². The molecule has 1 aromatic carbocycles. The van der Waals surface area contributed by atoms with Crippen LogP contribution in [0.1, 0.15) is 44.1 Å². The van der Waals surface area contributed by atoms with E-state index in [0.717, 1.165) is 12.6 Å². The Morgan fingerprint density at radius 3 is 2.24 bits per heavy atom. The summed E-state index contributed by atoms with van der Waals surface area (Å²) in [6.07, 6.45) is 8.41. The van der Waals surface area contributed by atoms with Crippen LogP contribution in [-0.2, 0) is 6.54 Å². The molecular formula is C18H27BrN2. The molecule has 2 heterocycles. The van der Waals surface area contributed by atoms with E-state index in [1.807, 2.05) is 0 Å². The first-order valence-corrected chi connectivity index (χ1v) is 9.32. The van der Waals surface area contributed by atoms with Gasteiger partial charge < -0.3 is 4.90 Å². The molecule has 2 aliphatic heterocycles. The highest BCUT2D eigenvalue weighted by molar-refractivity contribution is 9.10. The van der Waals surface area contributed by atoms with Crippen LogP contribution in [0.15, 0.2) is 28.7 Å². The predicted molar refractivity (Wildman–Crippen MR) is 92.5 cm³/mol. The van der Waals surface area contributed by atoms with Crippen LogP contribution in [0, 0.1) is 0 Å². The molecule has 1 aromatic rings. The fourth-order valence-electron chi connectivity index (χ4n) is 3.77. The predicted octanol–water partition coefficient (Wildman–Crippen LogP) is 4.29. The summed E-state index contributed by atoms with van der Waals surface area (Å²) in [6, 6.07) is 9.48. The highest BCUT2D eigenvalue weighted by atomic mass is 79.9. The molecule has 0 bridgehead atoms. The first-order chi connectivity index (χ1) is 10.3. The summed E-state index contributed by atoms with van der Waals surface area (Å²) >= 11 is 3.67. The van der Waals surface area contributed by atoms with Gasteiger partial charge in [-0.05, 0) is 63.5 Å². The van der Waals surface area contributed by atoms with Gasteiger partial charge in [0.15, 0.2) is 0 Å². The van der Waals surface area contributed by atoms with Gasteiger partial charge in [-0.2, -0.15) is 0 Å². The van der Waals surface area contributed by atoms with Crippen molar-refractivity contribution < 1.29 is 0 Å². The molecule has 0 atom stereocenters. The van der Waals surface area contributed by atoms with Crippen LogP contribution >= 0.6 is 15.9 Å². The van der Waals surface area contributed by atoms with E-state index < -0.39 is 0 Å². The molecule has 116 valence electrons. The topological polar surface area (TPSA) is 6.48 Å². The number of hydrogen-bond acceptors (Lipinski definition) is 2. The lowest BCUT2D eigenvalue weighted by Gasteiger charge is -2.38. The molecule has 2 saturated heterocycles. The van der Waals surface area contributed by atoms with E-state index in [1.54, 1.807) is 0 Å². The number of hydrogen-bond donors (Lipinski definition) is 0. The molecular weight excluding hydrogens is 324 g/mol. The number of rotatable bonds is 3. The van der Waals surface area contributed by atoms with E-state index in [1.165, 1.54) is 74.7 Å². The molecule has 2 fully saturated rings. The van der Waals surface area contributed by atoms with Gasteiger partial charge in [0.1, 0.15) is 0 Å². The second kappa shape index (κ2) is 7.75. The van der Waals surface area contributed by atoms with Crippen molar-refractivity contribution in [1.29, 1.82) is 0 Å². The Hall–Kier alpha value is -0.380. The minimum Gasteiger partial charge on any atom is -0.300 e. The van der Waals surface area contributed by atoms with Crippen molar-refractivity contribution >= 4 is 15.9 Å². The first kappa shape index (κ1) is 15.5. The fourth-order valence-corrected chi connectivity index (χ4v) is 4.18. The third kappa shape index (κ3) is 4.30. The molecule has 0 N–H and O–H groups in total. The summed E-state index contributed by atoms with van der Waals surface area (Å²) in [4.78, 5) is 5.40. The molecule has 3 heteroatoms. The number of piperidine rings is 1. The van der Waals surface area contributed by atoms with Crippen LogP contribution in [0.2, 0.25) is 0 Å². The SMILES string of the molecule is Brc1ccccc1CN1CCC(N2CCCCCC2)CC1. The molecule has 0 radical (unpaired) electrons. The van der Waals surface area contributed by atoms with E-state index >= 15 is 0 Å². The quantitative estimate of drug-likeness (QED) is 0.802. The van der Waals surface area contributed by atoms with Crippen molar-refractivity contribution in [2.24, 2.45) is 0 Å². The summed E-state index contributed by atoms with van der Waals surface area (Å²) in [7, 11) is 0. The number of halogens is 1. The van der Waals surface area contributed by atoms with Gasteiger partial charge >= 0.3 is 0 Å². The zero-order valence-corrected chi connectivity index (χ0v) is 14.5. The number of likely N-dealkylation sites (tertiary alicyclic amines) is 2. The Balaban J connectivity index is 1.49. The summed E-state index contributed by atoms with van der Waals surface area (Å²) in [6.45, 7) is 6.28. The third-order valence-electron chi connectivity index (χ3n) is 5.07. The molecule has 0 unspecified atom stereocenters. The molecule has 0 saturated carbocycles. The summed E-state index contributed by atoms with van der Waals surface area (Å²) in [5, 5.41) is 0. The monoisotopic (exact) mass is 350 g/mol. The zero-order valence-electron chi connectivity index (χ0n) is 12.9. The largest absolute Gasteiger partial charge is 0.300 e. The summed E-state index contributed by atoms with van der Waals surface area (Å²) < 4.78 is 1.25. The second-order valence-electron chi connectivity index (χ2n) is 6.55. The molecule has 3 rings (SSSR count). The standard InChI is InChI=1S/C18H27BrN2/c19-18-8-4-3-7-16(18)15-20-13-9-17(10-14-20)21-11-5-1-2-6-12-21/h3-4,7-8,17H,1-2,5-6,9-15H2. The van der Waals surface area contributed by atoms with Crippen LogP contribution < -0.4 is 0 Å². The maximum Gasteiger partial charge on any atom is 0.0244 e. The van der Waals surface area contributed by atoms with Crippen LogP contribution in [0.5, 0.6) is 0 Å². The van der Waals surface area contributed by atoms with Gasteiger partial charge in [-0.1, -0.05) is 47.0 Å². The van der Waals surface area contributed by atoms with Gasteiger partial charge in [-0.25, -0.2) is 0 Å². The Labute approximate surface area is 137 Å². The smallest absolute Gasteiger partial charge is 0.0244 e. The molecule has 21 heavy (non-hydrogen) atoms. The molecule has 0 spiro atoms. The zero-order chi connectivity index (χ0) is 14.5. The van der Waals surface area contributed by atoms with Crippen LogP contribution in [0.25, 0.3) is 0 Å². The van der Waals surface area contributed by atoms with Gasteiger partial charge in [0.25, 0.3) is 0 Å². The Kier molecular flexibility index (Phi) is 5.73. The van der Waals surface area contributed by atoms with Crippen LogP contribution in [0.3, 0.4) is 0 Å².